The van der Waals surface area contributed by atoms with Crippen LogP contribution in [-0.4, -0.2) is 46.9 Å². The highest BCUT2D eigenvalue weighted by molar-refractivity contribution is 6.39. The number of carbonyl (C=O) groups excluding carboxylic acids is 2. The van der Waals surface area contributed by atoms with Crippen LogP contribution in [0.5, 0.6) is 5.88 Å². The van der Waals surface area contributed by atoms with E-state index in [1.54, 1.807) is 25.1 Å². The van der Waals surface area contributed by atoms with E-state index in [0.717, 1.165) is 10.2 Å². The molecule has 10 nitrogen and oxygen atoms in total. The average Bonchev–Trinajstić information content (AvgIpc) is 2.98. The number of nitrogens with one attached hydrogen (secondary N) is 2. The van der Waals surface area contributed by atoms with Gasteiger partial charge in [-0.25, -0.2) is 9.67 Å². The van der Waals surface area contributed by atoms with Gasteiger partial charge in [0.25, 0.3) is 11.5 Å². The maximum Gasteiger partial charge on any atom is 0.307 e. The number of hydrogen-bond acceptors (Lipinski definition) is 8. The summed E-state index contributed by atoms with van der Waals surface area (Å²) in [5.74, 6) is -0.446. The molecule has 0 fully saturated rings. The Morgan fingerprint density at radius 1 is 0.976 bits per heavy atom. The molecule has 42 heavy (non-hydrogen) atoms. The number of esters is 1. The van der Waals surface area contributed by atoms with Crippen molar-refractivity contribution >= 4 is 40.8 Å². The quantitative estimate of drug-likeness (QED) is 0.177. The predicted octanol–water partition coefficient (Wildman–Crippen LogP) is 5.12. The summed E-state index contributed by atoms with van der Waals surface area (Å²) in [5.41, 5.74) is 2.99. The van der Waals surface area contributed by atoms with Crippen LogP contribution >= 0.6 is 23.2 Å². The lowest BCUT2D eigenvalue weighted by Crippen LogP contribution is -2.28. The Balaban J connectivity index is 1.58. The molecule has 0 aliphatic carbocycles. The topological polar surface area (TPSA) is 124 Å². The van der Waals surface area contributed by atoms with Crippen molar-refractivity contribution in [3.05, 3.63) is 92.3 Å². The van der Waals surface area contributed by atoms with Crippen molar-refractivity contribution < 1.29 is 19.1 Å². The van der Waals surface area contributed by atoms with Gasteiger partial charge in [0.1, 0.15) is 5.56 Å². The molecule has 0 spiro atoms. The van der Waals surface area contributed by atoms with Crippen molar-refractivity contribution in [3.8, 4) is 28.3 Å². The normalized spacial score (nSPS) is 10.8. The predicted molar refractivity (Wildman–Crippen MR) is 162 cm³/mol. The molecular formula is C30H29Cl2N5O5. The van der Waals surface area contributed by atoms with Crippen LogP contribution in [-0.2, 0) is 23.1 Å². The molecule has 0 radical (unpaired) electrons. The first-order valence-electron chi connectivity index (χ1n) is 13.1. The molecule has 0 aliphatic heterocycles. The van der Waals surface area contributed by atoms with Crippen molar-refractivity contribution in [2.75, 3.05) is 25.6 Å². The molecule has 0 aliphatic rings. The summed E-state index contributed by atoms with van der Waals surface area (Å²) >= 11 is 13.6. The second kappa shape index (κ2) is 14.1. The van der Waals surface area contributed by atoms with Gasteiger partial charge in [0.15, 0.2) is 0 Å². The summed E-state index contributed by atoms with van der Waals surface area (Å²) in [4.78, 5) is 41.4. The number of carbonyl (C=O) groups is 2. The number of nitrogens with zero attached hydrogens (tertiary/aromatic N) is 3. The van der Waals surface area contributed by atoms with E-state index in [9.17, 15) is 14.4 Å². The highest BCUT2D eigenvalue weighted by Gasteiger charge is 2.19. The lowest BCUT2D eigenvalue weighted by molar-refractivity contribution is -0.142. The average molecular weight is 610 g/mol. The first-order valence-corrected chi connectivity index (χ1v) is 13.8. The summed E-state index contributed by atoms with van der Waals surface area (Å²) in [6, 6.07) is 15.7. The minimum atomic E-state index is -0.608. The van der Waals surface area contributed by atoms with Crippen LogP contribution in [0.1, 0.15) is 29.3 Å². The third-order valence-electron chi connectivity index (χ3n) is 6.32. The van der Waals surface area contributed by atoms with E-state index in [0.29, 0.717) is 58.7 Å². The van der Waals surface area contributed by atoms with Crippen LogP contribution in [0.2, 0.25) is 10.0 Å². The molecule has 12 heteroatoms. The van der Waals surface area contributed by atoms with E-state index in [2.05, 4.69) is 20.7 Å². The SMILES string of the molecule is CCOC(=O)CCNCc1ccc(-c2cccc(-c3cccc(NC(=O)c4ccnn(C)c4=O)c3Cl)c2Cl)nc1OC. The largest absolute Gasteiger partial charge is 0.481 e. The molecule has 4 aromatic rings. The fraction of sp³-hybridized carbons (Fsp3) is 0.233. The Labute approximate surface area is 252 Å². The third-order valence-corrected chi connectivity index (χ3v) is 7.14. The maximum atomic E-state index is 12.8. The van der Waals surface area contributed by atoms with Gasteiger partial charge in [0.05, 0.1) is 41.6 Å². The van der Waals surface area contributed by atoms with E-state index in [-0.39, 0.29) is 23.0 Å². The number of halogens is 2. The molecule has 4 rings (SSSR count). The Morgan fingerprint density at radius 3 is 2.43 bits per heavy atom. The number of pyridine rings is 1. The Kier molecular flexibility index (Phi) is 10.3. The summed E-state index contributed by atoms with van der Waals surface area (Å²) in [7, 11) is 3.00. The molecule has 218 valence electrons. The molecule has 0 saturated carbocycles. The van der Waals surface area contributed by atoms with Crippen LogP contribution in [0.3, 0.4) is 0 Å². The number of hydrogen-bond donors (Lipinski definition) is 2. The number of ether oxygens (including phenoxy) is 2. The molecule has 2 heterocycles. The molecule has 0 atom stereocenters. The molecular weight excluding hydrogens is 581 g/mol. The van der Waals surface area contributed by atoms with Crippen molar-refractivity contribution in [2.24, 2.45) is 7.05 Å². The van der Waals surface area contributed by atoms with Gasteiger partial charge in [-0.1, -0.05) is 59.6 Å². The van der Waals surface area contributed by atoms with Crippen LogP contribution in [0, 0.1) is 0 Å². The zero-order valence-corrected chi connectivity index (χ0v) is 24.8. The monoisotopic (exact) mass is 609 g/mol. The first-order chi connectivity index (χ1) is 20.2. The summed E-state index contributed by atoms with van der Waals surface area (Å²) < 4.78 is 11.6. The number of amides is 1. The molecule has 2 aromatic heterocycles. The van der Waals surface area contributed by atoms with Gasteiger partial charge >= 0.3 is 5.97 Å². The maximum absolute atomic E-state index is 12.8. The number of benzene rings is 2. The van der Waals surface area contributed by atoms with Crippen LogP contribution in [0.15, 0.2) is 65.6 Å². The molecule has 0 unspecified atom stereocenters. The second-order valence-corrected chi connectivity index (χ2v) is 9.81. The number of methoxy groups -OCH3 is 1. The summed E-state index contributed by atoms with van der Waals surface area (Å²) in [6.07, 6.45) is 1.64. The minimum Gasteiger partial charge on any atom is -0.481 e. The smallest absolute Gasteiger partial charge is 0.307 e. The fourth-order valence-corrected chi connectivity index (χ4v) is 4.82. The Hall–Kier alpha value is -4.25. The van der Waals surface area contributed by atoms with Crippen molar-refractivity contribution in [3.63, 3.8) is 0 Å². The zero-order chi connectivity index (χ0) is 30.2. The van der Waals surface area contributed by atoms with Crippen molar-refractivity contribution in [1.29, 1.82) is 0 Å². The fourth-order valence-electron chi connectivity index (χ4n) is 4.22. The summed E-state index contributed by atoms with van der Waals surface area (Å²) in [5, 5.41) is 10.4. The highest BCUT2D eigenvalue weighted by atomic mass is 35.5. The number of aryl methyl sites for hydroxylation is 1. The van der Waals surface area contributed by atoms with E-state index in [1.165, 1.54) is 26.4 Å². The molecule has 0 bridgehead atoms. The van der Waals surface area contributed by atoms with E-state index in [4.69, 9.17) is 32.7 Å². The van der Waals surface area contributed by atoms with E-state index in [1.807, 2.05) is 30.3 Å². The standard InChI is InChI=1S/C30H29Cl2N5O5/c1-4-42-25(38)14-15-33-17-18-11-12-23(36-29(18)41-3)21-9-5-7-19(26(21)31)20-8-6-10-24(27(20)32)35-28(39)22-13-16-34-37(2)30(22)40/h5-13,16,33H,4,14-15,17H2,1-3H3,(H,35,39). The lowest BCUT2D eigenvalue weighted by Gasteiger charge is -2.15. The van der Waals surface area contributed by atoms with Crippen LogP contribution < -0.4 is 20.9 Å². The van der Waals surface area contributed by atoms with Gasteiger partial charge in [0.2, 0.25) is 5.88 Å². The van der Waals surface area contributed by atoms with Crippen molar-refractivity contribution in [1.82, 2.24) is 20.1 Å². The molecule has 2 aromatic carbocycles. The van der Waals surface area contributed by atoms with Gasteiger partial charge in [-0.05, 0) is 25.1 Å². The van der Waals surface area contributed by atoms with Gasteiger partial charge in [-0.2, -0.15) is 5.10 Å². The molecule has 1 amide bonds. The number of rotatable bonds is 11. The molecule has 0 saturated heterocycles. The van der Waals surface area contributed by atoms with Crippen LogP contribution in [0.25, 0.3) is 22.4 Å². The van der Waals surface area contributed by atoms with Crippen molar-refractivity contribution in [2.45, 2.75) is 19.9 Å². The lowest BCUT2D eigenvalue weighted by atomic mass is 10.00. The second-order valence-electron chi connectivity index (χ2n) is 9.06. The zero-order valence-electron chi connectivity index (χ0n) is 23.2. The Morgan fingerprint density at radius 2 is 1.69 bits per heavy atom. The van der Waals surface area contributed by atoms with E-state index < -0.39 is 11.5 Å². The van der Waals surface area contributed by atoms with Gasteiger partial charge < -0.3 is 20.1 Å². The van der Waals surface area contributed by atoms with Crippen LogP contribution in [0.4, 0.5) is 5.69 Å². The van der Waals surface area contributed by atoms with E-state index >= 15 is 0 Å². The number of anilines is 1. The molecule has 2 N–H and O–H groups in total. The number of aromatic nitrogens is 3. The van der Waals surface area contributed by atoms with Gasteiger partial charge in [-0.15, -0.1) is 0 Å². The third kappa shape index (κ3) is 6.96. The first kappa shape index (κ1) is 30.7. The van der Waals surface area contributed by atoms with Gasteiger partial charge in [-0.3, -0.25) is 14.4 Å². The summed E-state index contributed by atoms with van der Waals surface area (Å²) in [6.45, 7) is 3.03. The Bertz CT molecular complexity index is 1670. The minimum absolute atomic E-state index is 0.0633. The highest BCUT2D eigenvalue weighted by Crippen LogP contribution is 2.41. The van der Waals surface area contributed by atoms with Gasteiger partial charge in [0, 0.05) is 48.6 Å².